The molecule has 0 fully saturated rings. The second kappa shape index (κ2) is 7.33. The summed E-state index contributed by atoms with van der Waals surface area (Å²) in [4.78, 5) is 17.4. The van der Waals surface area contributed by atoms with Crippen LogP contribution in [0.2, 0.25) is 0 Å². The molecule has 0 aliphatic heterocycles. The Labute approximate surface area is 141 Å². The zero-order chi connectivity index (χ0) is 16.9. The first kappa shape index (κ1) is 16.3. The molecule has 8 heteroatoms. The number of ether oxygens (including phenoxy) is 1. The van der Waals surface area contributed by atoms with Crippen molar-refractivity contribution in [1.82, 2.24) is 14.8 Å². The van der Waals surface area contributed by atoms with Gasteiger partial charge in [-0.2, -0.15) is 9.67 Å². The monoisotopic (exact) mass is 346 g/mol. The third kappa shape index (κ3) is 3.66. The van der Waals surface area contributed by atoms with Gasteiger partial charge in [0.05, 0.1) is 4.88 Å². The van der Waals surface area contributed by atoms with Crippen LogP contribution in [0.15, 0.2) is 41.8 Å². The number of methoxy groups -OCH3 is 1. The lowest BCUT2D eigenvalue weighted by atomic mass is 10.2. The van der Waals surface area contributed by atoms with E-state index in [1.54, 1.807) is 12.1 Å². The molecule has 0 saturated heterocycles. The quantitative estimate of drug-likeness (QED) is 0.743. The van der Waals surface area contributed by atoms with Crippen molar-refractivity contribution in [3.63, 3.8) is 0 Å². The Bertz CT molecular complexity index is 815. The van der Waals surface area contributed by atoms with E-state index in [1.165, 1.54) is 35.3 Å². The Morgan fingerprint density at radius 2 is 2.12 bits per heavy atom. The molecule has 24 heavy (non-hydrogen) atoms. The van der Waals surface area contributed by atoms with Gasteiger partial charge in [-0.3, -0.25) is 4.79 Å². The van der Waals surface area contributed by atoms with Gasteiger partial charge in [-0.1, -0.05) is 18.2 Å². The summed E-state index contributed by atoms with van der Waals surface area (Å²) in [7, 11) is 1.45. The summed E-state index contributed by atoms with van der Waals surface area (Å²) < 4.78 is 19.0. The molecule has 0 atom stereocenters. The molecule has 2 heterocycles. The van der Waals surface area contributed by atoms with Crippen LogP contribution in [0.4, 0.5) is 10.3 Å². The first-order chi connectivity index (χ1) is 11.7. The number of carbonyl (C=O) groups excluding carboxylic acids is 1. The Kier molecular flexibility index (Phi) is 4.97. The van der Waals surface area contributed by atoms with E-state index in [2.05, 4.69) is 15.4 Å². The molecular formula is C16H15FN4O2S. The second-order valence-corrected chi connectivity index (χ2v) is 5.90. The van der Waals surface area contributed by atoms with Crippen LogP contribution >= 0.6 is 11.3 Å². The average molecular weight is 346 g/mol. The lowest BCUT2D eigenvalue weighted by molar-refractivity contribution is 0.0748. The number of nitrogens with zero attached hydrogens (tertiary/aromatic N) is 3. The van der Waals surface area contributed by atoms with Gasteiger partial charge in [0, 0.05) is 13.7 Å². The lowest BCUT2D eigenvalue weighted by Gasteiger charge is -2.06. The van der Waals surface area contributed by atoms with Crippen molar-refractivity contribution in [2.75, 3.05) is 19.0 Å². The highest BCUT2D eigenvalue weighted by atomic mass is 32.1. The van der Waals surface area contributed by atoms with Gasteiger partial charge in [0.2, 0.25) is 5.95 Å². The van der Waals surface area contributed by atoms with Crippen LogP contribution in [0.1, 0.15) is 10.4 Å². The number of thiophene rings is 1. The predicted molar refractivity (Wildman–Crippen MR) is 89.6 cm³/mol. The van der Waals surface area contributed by atoms with Crippen molar-refractivity contribution in [2.24, 2.45) is 0 Å². The van der Waals surface area contributed by atoms with Crippen LogP contribution in [-0.2, 0) is 11.3 Å². The number of benzene rings is 1. The van der Waals surface area contributed by atoms with E-state index >= 15 is 0 Å². The van der Waals surface area contributed by atoms with Gasteiger partial charge in [0.15, 0.2) is 5.82 Å². The zero-order valence-corrected chi connectivity index (χ0v) is 13.7. The number of halogens is 1. The van der Waals surface area contributed by atoms with Crippen LogP contribution in [0.25, 0.3) is 10.7 Å². The van der Waals surface area contributed by atoms with Gasteiger partial charge in [0.25, 0.3) is 5.91 Å². The van der Waals surface area contributed by atoms with Crippen molar-refractivity contribution in [2.45, 2.75) is 6.54 Å². The molecule has 0 aliphatic carbocycles. The summed E-state index contributed by atoms with van der Waals surface area (Å²) in [6.45, 7) is 0.293. The minimum Gasteiger partial charge on any atom is -0.375 e. The summed E-state index contributed by atoms with van der Waals surface area (Å²) in [5.41, 5.74) is 0.864. The van der Waals surface area contributed by atoms with Crippen LogP contribution in [-0.4, -0.2) is 34.4 Å². The topological polar surface area (TPSA) is 69.0 Å². The molecule has 6 nitrogen and oxygen atoms in total. The van der Waals surface area contributed by atoms with E-state index in [0.29, 0.717) is 18.3 Å². The van der Waals surface area contributed by atoms with E-state index in [1.807, 2.05) is 17.5 Å². The smallest absolute Gasteiger partial charge is 0.276 e. The van der Waals surface area contributed by atoms with E-state index < -0.39 is 0 Å². The Morgan fingerprint density at radius 3 is 2.79 bits per heavy atom. The number of carbonyl (C=O) groups is 1. The molecule has 0 aliphatic rings. The van der Waals surface area contributed by atoms with Gasteiger partial charge in [-0.15, -0.1) is 16.4 Å². The van der Waals surface area contributed by atoms with E-state index in [4.69, 9.17) is 4.74 Å². The predicted octanol–water partition coefficient (Wildman–Crippen LogP) is 3.04. The fourth-order valence-electron chi connectivity index (χ4n) is 2.08. The number of anilines is 1. The Hall–Kier alpha value is -2.58. The van der Waals surface area contributed by atoms with Crippen molar-refractivity contribution < 1.29 is 13.9 Å². The number of hydrogen-bond donors (Lipinski definition) is 1. The van der Waals surface area contributed by atoms with Crippen LogP contribution < -0.4 is 5.32 Å². The van der Waals surface area contributed by atoms with Crippen molar-refractivity contribution in [1.29, 1.82) is 0 Å². The van der Waals surface area contributed by atoms with Crippen LogP contribution in [0.5, 0.6) is 0 Å². The molecule has 0 spiro atoms. The highest BCUT2D eigenvalue weighted by molar-refractivity contribution is 7.13. The Morgan fingerprint density at radius 1 is 1.33 bits per heavy atom. The third-order valence-corrected chi connectivity index (χ3v) is 4.08. The summed E-state index contributed by atoms with van der Waals surface area (Å²) in [6, 6.07) is 9.88. The van der Waals surface area contributed by atoms with E-state index in [9.17, 15) is 9.18 Å². The molecule has 0 unspecified atom stereocenters. The second-order valence-electron chi connectivity index (χ2n) is 4.95. The summed E-state index contributed by atoms with van der Waals surface area (Å²) in [5.74, 6) is 0.174. The largest absolute Gasteiger partial charge is 0.375 e. The SMILES string of the molecule is COCC(=O)n1nc(-c2cccs2)nc1NCc1ccc(F)cc1. The van der Waals surface area contributed by atoms with E-state index in [-0.39, 0.29) is 18.3 Å². The highest BCUT2D eigenvalue weighted by Gasteiger charge is 2.17. The zero-order valence-electron chi connectivity index (χ0n) is 12.9. The molecular weight excluding hydrogens is 331 g/mol. The molecule has 1 aromatic carbocycles. The van der Waals surface area contributed by atoms with Gasteiger partial charge in [0.1, 0.15) is 12.4 Å². The lowest BCUT2D eigenvalue weighted by Crippen LogP contribution is -2.20. The van der Waals surface area contributed by atoms with Crippen LogP contribution in [0.3, 0.4) is 0 Å². The number of nitrogens with one attached hydrogen (secondary N) is 1. The summed E-state index contributed by atoms with van der Waals surface area (Å²) in [5, 5.41) is 9.24. The van der Waals surface area contributed by atoms with Crippen LogP contribution in [0, 0.1) is 5.82 Å². The maximum atomic E-state index is 13.0. The van der Waals surface area contributed by atoms with Gasteiger partial charge < -0.3 is 10.1 Å². The molecule has 3 aromatic rings. The number of hydrogen-bond acceptors (Lipinski definition) is 6. The molecule has 2 aromatic heterocycles. The molecule has 0 amide bonds. The van der Waals surface area contributed by atoms with E-state index in [0.717, 1.165) is 10.4 Å². The standard InChI is InChI=1S/C16H15FN4O2S/c1-23-10-14(22)21-16(18-9-11-4-6-12(17)7-5-11)19-15(20-21)13-3-2-8-24-13/h2-8H,9-10H2,1H3,(H,18,19,20). The molecule has 0 bridgehead atoms. The van der Waals surface area contributed by atoms with Gasteiger partial charge in [-0.05, 0) is 29.1 Å². The molecule has 0 saturated carbocycles. The van der Waals surface area contributed by atoms with Crippen molar-refractivity contribution >= 4 is 23.2 Å². The summed E-state index contributed by atoms with van der Waals surface area (Å²) >= 11 is 1.49. The van der Waals surface area contributed by atoms with Gasteiger partial charge >= 0.3 is 0 Å². The number of rotatable bonds is 6. The summed E-state index contributed by atoms with van der Waals surface area (Å²) in [6.07, 6.45) is 0. The minimum absolute atomic E-state index is 0.0987. The maximum Gasteiger partial charge on any atom is 0.276 e. The first-order valence-corrected chi connectivity index (χ1v) is 8.06. The van der Waals surface area contributed by atoms with Gasteiger partial charge in [-0.25, -0.2) is 4.39 Å². The minimum atomic E-state index is -0.325. The molecule has 0 radical (unpaired) electrons. The normalized spacial score (nSPS) is 10.8. The first-order valence-electron chi connectivity index (χ1n) is 7.19. The molecule has 1 N–H and O–H groups in total. The third-order valence-electron chi connectivity index (χ3n) is 3.22. The highest BCUT2D eigenvalue weighted by Crippen LogP contribution is 2.23. The van der Waals surface area contributed by atoms with Crippen molar-refractivity contribution in [3.05, 3.63) is 53.2 Å². The molecule has 124 valence electrons. The van der Waals surface area contributed by atoms with Crippen molar-refractivity contribution in [3.8, 4) is 10.7 Å². The number of aromatic nitrogens is 3. The maximum absolute atomic E-state index is 13.0. The molecule has 3 rings (SSSR count). The fourth-order valence-corrected chi connectivity index (χ4v) is 2.73. The average Bonchev–Trinajstić information content (AvgIpc) is 3.24. The fraction of sp³-hybridized carbons (Fsp3) is 0.188. The Balaban J connectivity index is 1.84.